The quantitative estimate of drug-likeness (QED) is 0.182. The normalized spacial score (nSPS) is 11.8. The van der Waals surface area contributed by atoms with Gasteiger partial charge in [-0.1, -0.05) is 121 Å². The summed E-state index contributed by atoms with van der Waals surface area (Å²) in [6.45, 7) is 0. The number of benzene rings is 7. The van der Waals surface area contributed by atoms with Gasteiger partial charge in [0.1, 0.15) is 11.3 Å². The molecule has 4 heterocycles. The van der Waals surface area contributed by atoms with Crippen LogP contribution < -0.4 is 0 Å². The molecule has 0 radical (unpaired) electrons. The lowest BCUT2D eigenvalue weighted by Crippen LogP contribution is -2.03. The highest BCUT2D eigenvalue weighted by atomic mass is 15.1. The predicted octanol–water partition coefficient (Wildman–Crippen LogP) is 11.9. The molecule has 4 aromatic heterocycles. The summed E-state index contributed by atoms with van der Waals surface area (Å²) < 4.78 is 7.01. The van der Waals surface area contributed by atoms with Crippen LogP contribution in [0, 0.1) is 0 Å². The Bertz CT molecular complexity index is 2930. The van der Waals surface area contributed by atoms with E-state index in [1.54, 1.807) is 0 Å². The molecule has 0 saturated carbocycles. The number of nitrogens with zero attached hydrogens (tertiary/aromatic N) is 5. The first-order valence-corrected chi connectivity index (χ1v) is 17.9. The van der Waals surface area contributed by atoms with Crippen LogP contribution in [0.3, 0.4) is 0 Å². The summed E-state index contributed by atoms with van der Waals surface area (Å²) in [6, 6.07) is 64.7. The van der Waals surface area contributed by atoms with E-state index in [1.165, 1.54) is 21.5 Å². The van der Waals surface area contributed by atoms with Gasteiger partial charge >= 0.3 is 0 Å². The number of imidazole rings is 1. The monoisotopic (exact) mass is 677 g/mol. The third-order valence-corrected chi connectivity index (χ3v) is 10.5. The lowest BCUT2D eigenvalue weighted by molar-refractivity contribution is 1.07. The van der Waals surface area contributed by atoms with Gasteiger partial charge in [0.15, 0.2) is 5.65 Å². The van der Waals surface area contributed by atoms with Crippen molar-refractivity contribution in [2.24, 2.45) is 0 Å². The summed E-state index contributed by atoms with van der Waals surface area (Å²) in [4.78, 5) is 10.5. The average Bonchev–Trinajstić information content (AvgIpc) is 3.90. The second-order valence-corrected chi connectivity index (χ2v) is 13.5. The maximum absolute atomic E-state index is 5.51. The van der Waals surface area contributed by atoms with Crippen molar-refractivity contribution in [2.75, 3.05) is 0 Å². The Labute approximate surface area is 305 Å². The molecule has 11 rings (SSSR count). The fourth-order valence-electron chi connectivity index (χ4n) is 8.22. The van der Waals surface area contributed by atoms with Gasteiger partial charge in [0, 0.05) is 55.9 Å². The van der Waals surface area contributed by atoms with E-state index in [4.69, 9.17) is 9.97 Å². The zero-order valence-corrected chi connectivity index (χ0v) is 28.6. The molecule has 0 amide bonds. The zero-order valence-electron chi connectivity index (χ0n) is 28.6. The Hall–Kier alpha value is -7.24. The fourth-order valence-corrected chi connectivity index (χ4v) is 8.22. The average molecular weight is 678 g/mol. The highest BCUT2D eigenvalue weighted by Gasteiger charge is 2.22. The van der Waals surface area contributed by atoms with Crippen molar-refractivity contribution in [3.8, 4) is 39.6 Å². The molecule has 0 unspecified atom stereocenters. The van der Waals surface area contributed by atoms with Crippen molar-refractivity contribution in [2.45, 2.75) is 0 Å². The van der Waals surface area contributed by atoms with Crippen molar-refractivity contribution in [3.05, 3.63) is 188 Å². The SMILES string of the molecule is c1ccc(-c2ccnc3c2nc(-c2cc(-n4c5ccccc5c5ccccc54)cc(-n4c5ccccc5c5ccccc54)c2)n3-c2ccccc2)cc1. The Balaban J connectivity index is 1.28. The molecule has 0 aliphatic rings. The summed E-state index contributed by atoms with van der Waals surface area (Å²) in [5, 5.41) is 4.89. The van der Waals surface area contributed by atoms with Crippen molar-refractivity contribution < 1.29 is 0 Å². The van der Waals surface area contributed by atoms with E-state index in [9.17, 15) is 0 Å². The summed E-state index contributed by atoms with van der Waals surface area (Å²) in [7, 11) is 0. The molecule has 248 valence electrons. The molecular weight excluding hydrogens is 647 g/mol. The molecule has 0 spiro atoms. The summed E-state index contributed by atoms with van der Waals surface area (Å²) in [5.41, 5.74) is 12.6. The van der Waals surface area contributed by atoms with E-state index in [1.807, 2.05) is 18.3 Å². The van der Waals surface area contributed by atoms with Crippen LogP contribution in [0.25, 0.3) is 94.4 Å². The third-order valence-electron chi connectivity index (χ3n) is 10.5. The first-order chi connectivity index (χ1) is 26.3. The van der Waals surface area contributed by atoms with Crippen LogP contribution in [0.5, 0.6) is 0 Å². The van der Waals surface area contributed by atoms with Gasteiger partial charge < -0.3 is 9.13 Å². The first kappa shape index (κ1) is 29.5. The minimum atomic E-state index is 0.813. The molecule has 11 aromatic rings. The van der Waals surface area contributed by atoms with Gasteiger partial charge in [0.2, 0.25) is 0 Å². The third kappa shape index (κ3) is 4.51. The number of hydrogen-bond acceptors (Lipinski definition) is 2. The van der Waals surface area contributed by atoms with Crippen LogP contribution in [0.1, 0.15) is 0 Å². The largest absolute Gasteiger partial charge is 0.309 e. The summed E-state index contributed by atoms with van der Waals surface area (Å²) in [6.07, 6.45) is 1.90. The van der Waals surface area contributed by atoms with Gasteiger partial charge in [-0.15, -0.1) is 0 Å². The van der Waals surface area contributed by atoms with Gasteiger partial charge in [-0.25, -0.2) is 9.97 Å². The minimum absolute atomic E-state index is 0.813. The Morgan fingerprint density at radius 2 is 0.811 bits per heavy atom. The lowest BCUT2D eigenvalue weighted by atomic mass is 10.1. The van der Waals surface area contributed by atoms with E-state index in [-0.39, 0.29) is 0 Å². The van der Waals surface area contributed by atoms with Gasteiger partial charge in [0.05, 0.1) is 22.1 Å². The number of pyridine rings is 1. The first-order valence-electron chi connectivity index (χ1n) is 17.9. The molecule has 0 bridgehead atoms. The second-order valence-electron chi connectivity index (χ2n) is 13.5. The molecule has 0 fully saturated rings. The Morgan fingerprint density at radius 3 is 1.32 bits per heavy atom. The molecule has 0 N–H and O–H groups in total. The zero-order chi connectivity index (χ0) is 34.9. The van der Waals surface area contributed by atoms with Crippen LogP contribution in [0.4, 0.5) is 0 Å². The topological polar surface area (TPSA) is 40.6 Å². The molecule has 0 aliphatic heterocycles. The smallest absolute Gasteiger partial charge is 0.165 e. The van der Waals surface area contributed by atoms with Crippen molar-refractivity contribution >= 4 is 54.8 Å². The summed E-state index contributed by atoms with van der Waals surface area (Å²) in [5.74, 6) is 0.826. The molecule has 0 aliphatic carbocycles. The molecule has 0 saturated heterocycles. The maximum Gasteiger partial charge on any atom is 0.165 e. The highest BCUT2D eigenvalue weighted by Crippen LogP contribution is 2.39. The van der Waals surface area contributed by atoms with Crippen molar-refractivity contribution in [3.63, 3.8) is 0 Å². The van der Waals surface area contributed by atoms with Crippen molar-refractivity contribution in [1.82, 2.24) is 23.7 Å². The van der Waals surface area contributed by atoms with E-state index in [0.717, 1.165) is 72.8 Å². The summed E-state index contributed by atoms with van der Waals surface area (Å²) >= 11 is 0. The van der Waals surface area contributed by atoms with E-state index < -0.39 is 0 Å². The maximum atomic E-state index is 5.51. The van der Waals surface area contributed by atoms with Gasteiger partial charge in [0.25, 0.3) is 0 Å². The Morgan fingerprint density at radius 1 is 0.358 bits per heavy atom. The fraction of sp³-hybridized carbons (Fsp3) is 0. The van der Waals surface area contributed by atoms with Gasteiger partial charge in [-0.05, 0) is 66.2 Å². The lowest BCUT2D eigenvalue weighted by Gasteiger charge is -2.16. The number of aromatic nitrogens is 5. The highest BCUT2D eigenvalue weighted by molar-refractivity contribution is 6.10. The molecule has 7 aromatic carbocycles. The van der Waals surface area contributed by atoms with Crippen LogP contribution >= 0.6 is 0 Å². The van der Waals surface area contributed by atoms with Crippen LogP contribution in [0.2, 0.25) is 0 Å². The van der Waals surface area contributed by atoms with E-state index >= 15 is 0 Å². The minimum Gasteiger partial charge on any atom is -0.309 e. The van der Waals surface area contributed by atoms with Crippen LogP contribution in [-0.2, 0) is 0 Å². The van der Waals surface area contributed by atoms with Gasteiger partial charge in [-0.3, -0.25) is 4.57 Å². The van der Waals surface area contributed by atoms with E-state index in [2.05, 4.69) is 184 Å². The molecule has 53 heavy (non-hydrogen) atoms. The number of para-hydroxylation sites is 5. The van der Waals surface area contributed by atoms with Crippen LogP contribution in [0.15, 0.2) is 188 Å². The molecular formula is C48H31N5. The number of rotatable bonds is 5. The molecule has 0 atom stereocenters. The Kier molecular flexibility index (Phi) is 6.48. The molecule has 5 nitrogen and oxygen atoms in total. The van der Waals surface area contributed by atoms with Crippen molar-refractivity contribution in [1.29, 1.82) is 0 Å². The standard InChI is InChI=1S/C48H31N5/c1-3-15-32(16-4-1)37-27-28-49-48-46(37)50-47(53(48)34-17-5-2-6-18-34)33-29-35(51-42-23-11-7-19-38(42)39-20-8-12-24-43(39)51)31-36(30-33)52-44-25-13-9-21-40(44)41-22-10-14-26-45(41)52/h1-31H. The number of fused-ring (bicyclic) bond motifs is 7. The predicted molar refractivity (Wildman–Crippen MR) is 218 cm³/mol. The van der Waals surface area contributed by atoms with E-state index in [0.29, 0.717) is 0 Å². The second kappa shape index (κ2) is 11.7. The number of hydrogen-bond donors (Lipinski definition) is 0. The molecule has 5 heteroatoms. The van der Waals surface area contributed by atoms with Gasteiger partial charge in [-0.2, -0.15) is 0 Å². The van der Waals surface area contributed by atoms with Crippen LogP contribution in [-0.4, -0.2) is 23.7 Å².